The average Bonchev–Trinajstić information content (AvgIpc) is 2.46. The predicted octanol–water partition coefficient (Wildman–Crippen LogP) is 2.06. The maximum atomic E-state index is 11.4. The van der Waals surface area contributed by atoms with Crippen LogP contribution in [0.15, 0.2) is 42.6 Å². The molecule has 0 atom stereocenters. The van der Waals surface area contributed by atoms with E-state index in [-0.39, 0.29) is 5.69 Å². The summed E-state index contributed by atoms with van der Waals surface area (Å²) in [6.07, 6.45) is 1.44. The summed E-state index contributed by atoms with van der Waals surface area (Å²) in [5.41, 5.74) is 8.33. The molecule has 0 unspecified atom stereocenters. The van der Waals surface area contributed by atoms with Gasteiger partial charge in [0.15, 0.2) is 5.69 Å². The molecule has 1 aromatic heterocycles. The van der Waals surface area contributed by atoms with Crippen LogP contribution in [0.1, 0.15) is 16.1 Å². The monoisotopic (exact) mass is 257 g/mol. The minimum atomic E-state index is -0.484. The highest BCUT2D eigenvalue weighted by Gasteiger charge is 2.09. The van der Waals surface area contributed by atoms with Gasteiger partial charge in [-0.15, -0.1) is 0 Å². The maximum absolute atomic E-state index is 11.4. The summed E-state index contributed by atoms with van der Waals surface area (Å²) in [4.78, 5) is 15.3. The fraction of sp³-hybridized carbons (Fsp3) is 0.143. The molecule has 1 heterocycles. The highest BCUT2D eigenvalue weighted by Crippen LogP contribution is 2.19. The van der Waals surface area contributed by atoms with Gasteiger partial charge in [0, 0.05) is 6.54 Å². The van der Waals surface area contributed by atoms with E-state index in [2.05, 4.69) is 15.0 Å². The van der Waals surface area contributed by atoms with Gasteiger partial charge in [-0.2, -0.15) is 0 Å². The van der Waals surface area contributed by atoms with Crippen molar-refractivity contribution in [3.05, 3.63) is 53.9 Å². The van der Waals surface area contributed by atoms with E-state index in [0.29, 0.717) is 17.9 Å². The van der Waals surface area contributed by atoms with Gasteiger partial charge in [-0.05, 0) is 11.6 Å². The number of ether oxygens (including phenoxy) is 1. The normalized spacial score (nSPS) is 9.95. The number of pyridine rings is 1. The first-order valence-corrected chi connectivity index (χ1v) is 5.82. The summed E-state index contributed by atoms with van der Waals surface area (Å²) in [6.45, 7) is 0.621. The largest absolute Gasteiger partial charge is 0.464 e. The van der Waals surface area contributed by atoms with Gasteiger partial charge in [-0.3, -0.25) is 0 Å². The lowest BCUT2D eigenvalue weighted by Gasteiger charge is -2.10. The molecule has 0 aliphatic rings. The van der Waals surface area contributed by atoms with Crippen molar-refractivity contribution in [2.75, 3.05) is 18.2 Å². The van der Waals surface area contributed by atoms with E-state index in [0.717, 1.165) is 5.56 Å². The van der Waals surface area contributed by atoms with Crippen LogP contribution in [0.2, 0.25) is 0 Å². The maximum Gasteiger partial charge on any atom is 0.356 e. The molecule has 19 heavy (non-hydrogen) atoms. The Bertz CT molecular complexity index is 570. The first-order chi connectivity index (χ1) is 9.20. The Balaban J connectivity index is 2.13. The van der Waals surface area contributed by atoms with Crippen molar-refractivity contribution in [2.45, 2.75) is 6.54 Å². The van der Waals surface area contributed by atoms with Gasteiger partial charge in [-0.1, -0.05) is 30.3 Å². The fourth-order valence-corrected chi connectivity index (χ4v) is 1.63. The lowest BCUT2D eigenvalue weighted by molar-refractivity contribution is 0.0594. The van der Waals surface area contributed by atoms with Crippen LogP contribution >= 0.6 is 0 Å². The number of hydrogen-bond donors (Lipinski definition) is 2. The number of carbonyl (C=O) groups is 1. The van der Waals surface area contributed by atoms with Crippen molar-refractivity contribution < 1.29 is 9.53 Å². The highest BCUT2D eigenvalue weighted by atomic mass is 16.5. The molecular formula is C14H15N3O2. The van der Waals surface area contributed by atoms with Crippen LogP contribution in [-0.2, 0) is 11.3 Å². The van der Waals surface area contributed by atoms with E-state index < -0.39 is 5.97 Å². The highest BCUT2D eigenvalue weighted by molar-refractivity contribution is 5.89. The minimum Gasteiger partial charge on any atom is -0.464 e. The Hall–Kier alpha value is -2.56. The number of nitrogens with one attached hydrogen (secondary N) is 1. The summed E-state index contributed by atoms with van der Waals surface area (Å²) >= 11 is 0. The van der Waals surface area contributed by atoms with Gasteiger partial charge in [0.1, 0.15) is 0 Å². The third kappa shape index (κ3) is 3.22. The molecule has 5 heteroatoms. The Morgan fingerprint density at radius 2 is 2.11 bits per heavy atom. The lowest BCUT2D eigenvalue weighted by atomic mass is 10.2. The second-order valence-electron chi connectivity index (χ2n) is 3.99. The Morgan fingerprint density at radius 1 is 1.37 bits per heavy atom. The van der Waals surface area contributed by atoms with Crippen molar-refractivity contribution in [3.8, 4) is 0 Å². The van der Waals surface area contributed by atoms with E-state index in [4.69, 9.17) is 5.73 Å². The number of rotatable bonds is 4. The summed E-state index contributed by atoms with van der Waals surface area (Å²) in [6, 6.07) is 11.5. The van der Waals surface area contributed by atoms with E-state index in [1.54, 1.807) is 6.07 Å². The van der Waals surface area contributed by atoms with Crippen molar-refractivity contribution in [2.24, 2.45) is 0 Å². The van der Waals surface area contributed by atoms with Crippen LogP contribution < -0.4 is 11.1 Å². The molecule has 0 aliphatic carbocycles. The van der Waals surface area contributed by atoms with E-state index in [9.17, 15) is 4.79 Å². The van der Waals surface area contributed by atoms with E-state index in [1.807, 2.05) is 30.3 Å². The van der Waals surface area contributed by atoms with Crippen molar-refractivity contribution in [1.82, 2.24) is 4.98 Å². The Kier molecular flexibility index (Phi) is 3.97. The third-order valence-corrected chi connectivity index (χ3v) is 2.66. The van der Waals surface area contributed by atoms with Crippen LogP contribution in [0.3, 0.4) is 0 Å². The van der Waals surface area contributed by atoms with Gasteiger partial charge in [0.2, 0.25) is 0 Å². The molecule has 0 aliphatic heterocycles. The van der Waals surface area contributed by atoms with Crippen LogP contribution in [0, 0.1) is 0 Å². The van der Waals surface area contributed by atoms with Crippen molar-refractivity contribution in [3.63, 3.8) is 0 Å². The number of benzene rings is 1. The van der Waals surface area contributed by atoms with Crippen LogP contribution in [-0.4, -0.2) is 18.1 Å². The van der Waals surface area contributed by atoms with Gasteiger partial charge >= 0.3 is 5.97 Å². The lowest BCUT2D eigenvalue weighted by Crippen LogP contribution is -2.08. The zero-order chi connectivity index (χ0) is 13.7. The van der Waals surface area contributed by atoms with E-state index in [1.165, 1.54) is 13.3 Å². The van der Waals surface area contributed by atoms with Gasteiger partial charge in [0.25, 0.3) is 0 Å². The second-order valence-corrected chi connectivity index (χ2v) is 3.99. The summed E-state index contributed by atoms with van der Waals surface area (Å²) in [5.74, 6) is -0.484. The molecule has 0 saturated carbocycles. The minimum absolute atomic E-state index is 0.229. The quantitative estimate of drug-likeness (QED) is 0.820. The predicted molar refractivity (Wildman–Crippen MR) is 73.8 cm³/mol. The molecule has 0 radical (unpaired) electrons. The third-order valence-electron chi connectivity index (χ3n) is 2.66. The number of hydrogen-bond acceptors (Lipinski definition) is 5. The Morgan fingerprint density at radius 3 is 2.79 bits per heavy atom. The zero-order valence-electron chi connectivity index (χ0n) is 10.6. The summed E-state index contributed by atoms with van der Waals surface area (Å²) < 4.78 is 4.62. The molecule has 0 bridgehead atoms. The molecule has 0 saturated heterocycles. The van der Waals surface area contributed by atoms with Gasteiger partial charge < -0.3 is 15.8 Å². The number of nitrogens with two attached hydrogens (primary N) is 1. The molecular weight excluding hydrogens is 242 g/mol. The summed E-state index contributed by atoms with van der Waals surface area (Å²) in [5, 5.41) is 3.18. The number of esters is 1. The summed E-state index contributed by atoms with van der Waals surface area (Å²) in [7, 11) is 1.32. The molecule has 2 rings (SSSR count). The number of nitrogen functional groups attached to an aromatic ring is 1. The molecule has 0 spiro atoms. The topological polar surface area (TPSA) is 77.2 Å². The standard InChI is InChI=1S/C14H15N3O2/c1-19-14(18)13-7-12(11(15)9-17-13)16-8-10-5-3-2-4-6-10/h2-7,9H,8,15H2,1H3,(H,16,17). The average molecular weight is 257 g/mol. The van der Waals surface area contributed by atoms with Crippen LogP contribution in [0.25, 0.3) is 0 Å². The zero-order valence-corrected chi connectivity index (χ0v) is 10.6. The molecule has 1 aromatic carbocycles. The first kappa shape index (κ1) is 12.9. The molecule has 2 aromatic rings. The number of nitrogens with zero attached hydrogens (tertiary/aromatic N) is 1. The van der Waals surface area contributed by atoms with Gasteiger partial charge in [-0.25, -0.2) is 9.78 Å². The molecule has 3 N–H and O–H groups in total. The van der Waals surface area contributed by atoms with Crippen molar-refractivity contribution in [1.29, 1.82) is 0 Å². The fourth-order valence-electron chi connectivity index (χ4n) is 1.63. The number of anilines is 2. The number of aromatic nitrogens is 1. The second kappa shape index (κ2) is 5.86. The molecule has 0 amide bonds. The smallest absolute Gasteiger partial charge is 0.356 e. The van der Waals surface area contributed by atoms with Crippen molar-refractivity contribution >= 4 is 17.3 Å². The molecule has 0 fully saturated rings. The number of methoxy groups -OCH3 is 1. The first-order valence-electron chi connectivity index (χ1n) is 5.82. The van der Waals surface area contributed by atoms with E-state index >= 15 is 0 Å². The van der Waals surface area contributed by atoms with Gasteiger partial charge in [0.05, 0.1) is 24.7 Å². The SMILES string of the molecule is COC(=O)c1cc(NCc2ccccc2)c(N)cn1. The number of carbonyl (C=O) groups excluding carboxylic acids is 1. The van der Waals surface area contributed by atoms with Crippen LogP contribution in [0.5, 0.6) is 0 Å². The Labute approximate surface area is 111 Å². The van der Waals surface area contributed by atoms with Crippen LogP contribution in [0.4, 0.5) is 11.4 Å². The molecule has 98 valence electrons. The molecule has 5 nitrogen and oxygen atoms in total.